The molecule has 2 atom stereocenters. The minimum absolute atomic E-state index is 0.0372. The fourth-order valence-corrected chi connectivity index (χ4v) is 4.82. The molecule has 2 rings (SSSR count). The molecule has 2 fully saturated rings. The Morgan fingerprint density at radius 3 is 2.36 bits per heavy atom. The summed E-state index contributed by atoms with van der Waals surface area (Å²) in [6.07, 6.45) is 5.91. The molecule has 1 aliphatic carbocycles. The highest BCUT2D eigenvalue weighted by molar-refractivity contribution is 6.38. The predicted molar refractivity (Wildman–Crippen MR) is 134 cm³/mol. The van der Waals surface area contributed by atoms with Crippen molar-refractivity contribution >= 4 is 29.9 Å². The van der Waals surface area contributed by atoms with Gasteiger partial charge in [-0.15, -0.1) is 0 Å². The maximum Gasteiger partial charge on any atom is 0.318 e. The molecule has 1 saturated heterocycles. The number of Topliss-reactive ketones (excluding diaryl/α,β-unsaturated/α-hetero) is 1. The zero-order chi connectivity index (χ0) is 26.6. The van der Waals surface area contributed by atoms with Gasteiger partial charge in [0.25, 0.3) is 5.91 Å². The van der Waals surface area contributed by atoms with E-state index in [0.717, 1.165) is 25.7 Å². The topological polar surface area (TPSA) is 146 Å². The Hall–Kier alpha value is -2.53. The van der Waals surface area contributed by atoms with E-state index in [9.17, 15) is 24.0 Å². The number of carbonyl (C=O) groups is 5. The van der Waals surface area contributed by atoms with Crippen LogP contribution in [0, 0.1) is 0 Å². The van der Waals surface area contributed by atoms with Crippen LogP contribution in [0.2, 0.25) is 0 Å². The Bertz CT molecular complexity index is 779. The molecule has 0 bridgehead atoms. The summed E-state index contributed by atoms with van der Waals surface area (Å²) in [6.45, 7) is 5.75. The summed E-state index contributed by atoms with van der Waals surface area (Å²) < 4.78 is 5.32. The Kier molecular flexibility index (Phi) is 11.8. The average Bonchev–Trinajstić information content (AvgIpc) is 2.87. The van der Waals surface area contributed by atoms with Gasteiger partial charge in [0, 0.05) is 26.1 Å². The number of nitrogens with zero attached hydrogens (tertiary/aromatic N) is 1. The van der Waals surface area contributed by atoms with Gasteiger partial charge in [-0.2, -0.15) is 0 Å². The number of urea groups is 1. The highest BCUT2D eigenvalue weighted by atomic mass is 16.5. The number of unbranched alkanes of at least 4 members (excludes halogenated alkanes) is 1. The van der Waals surface area contributed by atoms with E-state index in [1.54, 1.807) is 18.9 Å². The minimum Gasteiger partial charge on any atom is -0.378 e. The van der Waals surface area contributed by atoms with Crippen molar-refractivity contribution in [1.82, 2.24) is 26.2 Å². The molecule has 0 aromatic heterocycles. The van der Waals surface area contributed by atoms with Crippen molar-refractivity contribution in [3.05, 3.63) is 0 Å². The molecule has 4 amide bonds. The molecule has 1 saturated carbocycles. The molecule has 1 aliphatic heterocycles. The van der Waals surface area contributed by atoms with Gasteiger partial charge < -0.3 is 35.7 Å². The maximum absolute atomic E-state index is 13.6. The standard InChI is InChI=1S/C25H43N5O6/c1-4-5-9-19(20(32)21(33)28-24(2,12-15-31)18-26-3)27-22(34)25(10-7-6-8-11-25)29-23(35)30-13-16-36-17-14-30/h15,19,26H,4-14,16-18H2,1-3H3,(H,27,34)(H,28,33)(H,29,35)/t19-,24-/m0/s1. The fraction of sp³-hybridized carbons (Fsp3) is 0.800. The summed E-state index contributed by atoms with van der Waals surface area (Å²) in [4.78, 5) is 65.4. The highest BCUT2D eigenvalue weighted by Gasteiger charge is 2.44. The van der Waals surface area contributed by atoms with Crippen molar-refractivity contribution in [3.8, 4) is 0 Å². The van der Waals surface area contributed by atoms with E-state index in [-0.39, 0.29) is 12.5 Å². The van der Waals surface area contributed by atoms with Crippen LogP contribution < -0.4 is 21.3 Å². The van der Waals surface area contributed by atoms with Gasteiger partial charge in [0.05, 0.1) is 24.8 Å². The van der Waals surface area contributed by atoms with Crippen molar-refractivity contribution < 1.29 is 28.7 Å². The van der Waals surface area contributed by atoms with Crippen molar-refractivity contribution in [2.24, 2.45) is 0 Å². The number of carbonyl (C=O) groups excluding carboxylic acids is 5. The monoisotopic (exact) mass is 509 g/mol. The van der Waals surface area contributed by atoms with Crippen LogP contribution in [0.3, 0.4) is 0 Å². The Morgan fingerprint density at radius 1 is 1.11 bits per heavy atom. The zero-order valence-electron chi connectivity index (χ0n) is 22.0. The lowest BCUT2D eigenvalue weighted by Gasteiger charge is -2.39. The van der Waals surface area contributed by atoms with Crippen LogP contribution in [0.5, 0.6) is 0 Å². The summed E-state index contributed by atoms with van der Waals surface area (Å²) in [6, 6.07) is -1.34. The summed E-state index contributed by atoms with van der Waals surface area (Å²) >= 11 is 0. The molecular weight excluding hydrogens is 466 g/mol. The molecule has 0 aromatic carbocycles. The lowest BCUT2D eigenvalue weighted by atomic mass is 9.80. The van der Waals surface area contributed by atoms with Crippen molar-refractivity contribution in [1.29, 1.82) is 0 Å². The van der Waals surface area contributed by atoms with Gasteiger partial charge in [0.2, 0.25) is 11.7 Å². The third kappa shape index (κ3) is 8.26. The van der Waals surface area contributed by atoms with Crippen LogP contribution in [0.1, 0.15) is 71.6 Å². The summed E-state index contributed by atoms with van der Waals surface area (Å²) in [5.41, 5.74) is -2.06. The van der Waals surface area contributed by atoms with E-state index in [4.69, 9.17) is 4.74 Å². The number of rotatable bonds is 13. The van der Waals surface area contributed by atoms with Crippen LogP contribution >= 0.6 is 0 Å². The van der Waals surface area contributed by atoms with Gasteiger partial charge >= 0.3 is 6.03 Å². The first-order chi connectivity index (χ1) is 17.2. The molecule has 0 unspecified atom stereocenters. The van der Waals surface area contributed by atoms with Gasteiger partial charge in [-0.3, -0.25) is 14.4 Å². The lowest BCUT2D eigenvalue weighted by molar-refractivity contribution is -0.142. The van der Waals surface area contributed by atoms with Crippen LogP contribution in [-0.4, -0.2) is 91.8 Å². The number of aldehydes is 1. The number of morpholine rings is 1. The zero-order valence-corrected chi connectivity index (χ0v) is 22.0. The predicted octanol–water partition coefficient (Wildman–Crippen LogP) is 0.659. The Morgan fingerprint density at radius 2 is 1.78 bits per heavy atom. The minimum atomic E-state index is -1.13. The molecule has 0 aromatic rings. The van der Waals surface area contributed by atoms with E-state index in [2.05, 4.69) is 21.3 Å². The van der Waals surface area contributed by atoms with Gasteiger partial charge in [-0.1, -0.05) is 39.0 Å². The highest BCUT2D eigenvalue weighted by Crippen LogP contribution is 2.29. The van der Waals surface area contributed by atoms with Crippen LogP contribution in [0.15, 0.2) is 0 Å². The normalized spacial score (nSPS) is 19.9. The van der Waals surface area contributed by atoms with Crippen molar-refractivity contribution in [3.63, 3.8) is 0 Å². The van der Waals surface area contributed by atoms with Gasteiger partial charge in [0.1, 0.15) is 11.8 Å². The fourth-order valence-electron chi connectivity index (χ4n) is 4.82. The molecule has 0 radical (unpaired) electrons. The summed E-state index contributed by atoms with van der Waals surface area (Å²) in [5, 5.41) is 11.4. The number of ketones is 1. The maximum atomic E-state index is 13.6. The SMILES string of the molecule is CCCC[C@H](NC(=O)C1(NC(=O)N2CCOCC2)CCCCC1)C(=O)C(=O)N[C@@](C)(CC=O)CNC. The second-order valence-corrected chi connectivity index (χ2v) is 10.1. The third-order valence-corrected chi connectivity index (χ3v) is 6.99. The molecule has 4 N–H and O–H groups in total. The van der Waals surface area contributed by atoms with Crippen molar-refractivity contribution in [2.75, 3.05) is 39.9 Å². The quantitative estimate of drug-likeness (QED) is 0.211. The molecular formula is C25H43N5O6. The number of hydrogen-bond acceptors (Lipinski definition) is 7. The Labute approximate surface area is 213 Å². The van der Waals surface area contributed by atoms with E-state index in [1.807, 2.05) is 6.92 Å². The summed E-state index contributed by atoms with van der Waals surface area (Å²) in [7, 11) is 1.69. The largest absolute Gasteiger partial charge is 0.378 e. The molecule has 204 valence electrons. The van der Waals surface area contributed by atoms with E-state index in [1.165, 1.54) is 0 Å². The molecule has 1 heterocycles. The van der Waals surface area contributed by atoms with E-state index < -0.39 is 34.7 Å². The van der Waals surface area contributed by atoms with Crippen LogP contribution in [-0.2, 0) is 23.9 Å². The lowest BCUT2D eigenvalue weighted by Crippen LogP contribution is -2.65. The van der Waals surface area contributed by atoms with Crippen LogP contribution in [0.4, 0.5) is 4.79 Å². The molecule has 11 heteroatoms. The molecule has 2 aliphatic rings. The van der Waals surface area contributed by atoms with E-state index in [0.29, 0.717) is 64.8 Å². The molecule has 0 spiro atoms. The molecule has 36 heavy (non-hydrogen) atoms. The van der Waals surface area contributed by atoms with E-state index >= 15 is 0 Å². The number of nitrogens with one attached hydrogen (secondary N) is 4. The number of hydrogen-bond donors (Lipinski definition) is 4. The van der Waals surface area contributed by atoms with Gasteiger partial charge in [-0.05, 0) is 33.2 Å². The van der Waals surface area contributed by atoms with Crippen molar-refractivity contribution in [2.45, 2.75) is 88.8 Å². The number of ether oxygens (including phenoxy) is 1. The van der Waals surface area contributed by atoms with Crippen LogP contribution in [0.25, 0.3) is 0 Å². The average molecular weight is 510 g/mol. The van der Waals surface area contributed by atoms with Gasteiger partial charge in [-0.25, -0.2) is 4.79 Å². The first-order valence-electron chi connectivity index (χ1n) is 13.1. The number of amides is 4. The Balaban J connectivity index is 2.17. The van der Waals surface area contributed by atoms with Gasteiger partial charge in [0.15, 0.2) is 0 Å². The third-order valence-electron chi connectivity index (χ3n) is 6.99. The second kappa shape index (κ2) is 14.3. The number of likely N-dealkylation sites (N-methyl/N-ethyl adjacent to an activating group) is 1. The first kappa shape index (κ1) is 29.7. The second-order valence-electron chi connectivity index (χ2n) is 10.1. The smallest absolute Gasteiger partial charge is 0.318 e. The summed E-state index contributed by atoms with van der Waals surface area (Å²) in [5.74, 6) is -2.03. The molecule has 11 nitrogen and oxygen atoms in total. The first-order valence-corrected chi connectivity index (χ1v) is 13.1.